The number of nitrogen functional groups attached to an aromatic ring is 1. The van der Waals surface area contributed by atoms with Crippen LogP contribution in [0.5, 0.6) is 0 Å². The normalized spacial score (nSPS) is 10.3. The van der Waals surface area contributed by atoms with E-state index in [2.05, 4.69) is 47.4 Å². The van der Waals surface area contributed by atoms with Crippen LogP contribution in [0.1, 0.15) is 15.9 Å². The molecule has 7 heteroatoms. The summed E-state index contributed by atoms with van der Waals surface area (Å²) in [7, 11) is 0. The van der Waals surface area contributed by atoms with Gasteiger partial charge in [0.05, 0.1) is 11.8 Å². The summed E-state index contributed by atoms with van der Waals surface area (Å²) in [6, 6.07) is 5.41. The molecule has 0 atom stereocenters. The van der Waals surface area contributed by atoms with Gasteiger partial charge in [-0.1, -0.05) is 15.9 Å². The number of hydrogen-bond donors (Lipinski definition) is 3. The van der Waals surface area contributed by atoms with Gasteiger partial charge in [0.2, 0.25) is 0 Å². The van der Waals surface area contributed by atoms with Gasteiger partial charge in [0, 0.05) is 21.1 Å². The number of carbonyl (C=O) groups excluding carboxylic acids is 1. The predicted octanol–water partition coefficient (Wildman–Crippen LogP) is 2.45. The molecule has 2 rings (SSSR count). The van der Waals surface area contributed by atoms with Crippen LogP contribution >= 0.6 is 31.9 Å². The molecule has 0 saturated carbocycles. The second kappa shape index (κ2) is 5.53. The van der Waals surface area contributed by atoms with Crippen molar-refractivity contribution in [2.75, 3.05) is 5.73 Å². The largest absolute Gasteiger partial charge is 0.384 e. The number of rotatable bonds is 3. The van der Waals surface area contributed by atoms with Crippen molar-refractivity contribution >= 4 is 43.6 Å². The van der Waals surface area contributed by atoms with Crippen molar-refractivity contribution < 1.29 is 4.79 Å². The van der Waals surface area contributed by atoms with E-state index in [1.54, 1.807) is 12.3 Å². The predicted molar refractivity (Wildman–Crippen MR) is 76.0 cm³/mol. The number of nitrogens with two attached hydrogens (primary N) is 1. The lowest BCUT2D eigenvalue weighted by Crippen LogP contribution is -2.23. The van der Waals surface area contributed by atoms with Crippen LogP contribution < -0.4 is 11.1 Å². The monoisotopic (exact) mass is 372 g/mol. The Bertz CT molecular complexity index is 582. The van der Waals surface area contributed by atoms with E-state index in [9.17, 15) is 4.79 Å². The van der Waals surface area contributed by atoms with Crippen molar-refractivity contribution in [1.82, 2.24) is 15.5 Å². The number of aromatic amines is 1. The highest BCUT2D eigenvalue weighted by molar-refractivity contribution is 9.11. The fourth-order valence-corrected chi connectivity index (χ4v) is 2.19. The first-order chi connectivity index (χ1) is 8.58. The molecule has 1 amide bonds. The quantitative estimate of drug-likeness (QED) is 0.772. The molecule has 2 aromatic rings. The Hall–Kier alpha value is -1.34. The Labute approximate surface area is 120 Å². The minimum absolute atomic E-state index is 0.177. The van der Waals surface area contributed by atoms with E-state index in [1.807, 2.05) is 12.1 Å². The van der Waals surface area contributed by atoms with Crippen LogP contribution in [0.2, 0.25) is 0 Å². The zero-order valence-corrected chi connectivity index (χ0v) is 12.4. The Morgan fingerprint density at radius 1 is 1.44 bits per heavy atom. The summed E-state index contributed by atoms with van der Waals surface area (Å²) < 4.78 is 1.59. The standard InChI is InChI=1S/C11H10Br2N4O/c12-7-1-2-9(13)8(3-7)11(18)15-4-6-5-16-17-10(6)14/h1-3,5H,4H2,(H,15,18)(H3,14,16,17). The number of nitrogens with zero attached hydrogens (tertiary/aromatic N) is 1. The number of benzene rings is 1. The minimum atomic E-state index is -0.177. The van der Waals surface area contributed by atoms with Gasteiger partial charge in [-0.2, -0.15) is 5.10 Å². The molecule has 0 saturated heterocycles. The van der Waals surface area contributed by atoms with Gasteiger partial charge in [0.1, 0.15) is 5.82 Å². The van der Waals surface area contributed by atoms with Crippen molar-refractivity contribution in [3.05, 3.63) is 44.5 Å². The third-order valence-corrected chi connectivity index (χ3v) is 3.55. The second-order valence-electron chi connectivity index (χ2n) is 3.62. The molecule has 0 aliphatic carbocycles. The van der Waals surface area contributed by atoms with Crippen LogP contribution in [-0.2, 0) is 6.54 Å². The Morgan fingerprint density at radius 2 is 2.22 bits per heavy atom. The number of anilines is 1. The molecule has 0 spiro atoms. The molecule has 1 aromatic carbocycles. The molecule has 0 fully saturated rings. The van der Waals surface area contributed by atoms with Gasteiger partial charge in [0.15, 0.2) is 0 Å². The first kappa shape index (κ1) is 13.1. The molecular formula is C11H10Br2N4O. The topological polar surface area (TPSA) is 83.8 Å². The highest BCUT2D eigenvalue weighted by atomic mass is 79.9. The zero-order valence-electron chi connectivity index (χ0n) is 9.21. The number of H-pyrrole nitrogens is 1. The number of halogens is 2. The molecule has 5 nitrogen and oxygen atoms in total. The minimum Gasteiger partial charge on any atom is -0.384 e. The summed E-state index contributed by atoms with van der Waals surface area (Å²) in [4.78, 5) is 12.0. The molecule has 0 radical (unpaired) electrons. The Kier molecular flexibility index (Phi) is 4.03. The lowest BCUT2D eigenvalue weighted by molar-refractivity contribution is 0.0950. The fraction of sp³-hybridized carbons (Fsp3) is 0.0909. The molecule has 18 heavy (non-hydrogen) atoms. The van der Waals surface area contributed by atoms with Crippen LogP contribution in [0.3, 0.4) is 0 Å². The van der Waals surface area contributed by atoms with E-state index >= 15 is 0 Å². The summed E-state index contributed by atoms with van der Waals surface area (Å²) in [5, 5.41) is 9.18. The van der Waals surface area contributed by atoms with Gasteiger partial charge in [0.25, 0.3) is 5.91 Å². The maximum Gasteiger partial charge on any atom is 0.252 e. The van der Waals surface area contributed by atoms with Gasteiger partial charge in [-0.05, 0) is 34.1 Å². The average Bonchev–Trinajstić information content (AvgIpc) is 2.75. The molecule has 4 N–H and O–H groups in total. The molecule has 1 heterocycles. The fourth-order valence-electron chi connectivity index (χ4n) is 1.40. The Morgan fingerprint density at radius 3 is 2.89 bits per heavy atom. The number of carbonyl (C=O) groups is 1. The maximum absolute atomic E-state index is 12.0. The number of nitrogens with one attached hydrogen (secondary N) is 2. The van der Waals surface area contributed by atoms with E-state index < -0.39 is 0 Å². The number of amides is 1. The van der Waals surface area contributed by atoms with E-state index in [0.717, 1.165) is 14.5 Å². The SMILES string of the molecule is Nc1[nH]ncc1CNC(=O)c1cc(Br)ccc1Br. The molecule has 0 bridgehead atoms. The van der Waals surface area contributed by atoms with Crippen LogP contribution in [0.25, 0.3) is 0 Å². The summed E-state index contributed by atoms with van der Waals surface area (Å²) in [5.41, 5.74) is 6.95. The van der Waals surface area contributed by atoms with Crippen molar-refractivity contribution in [2.24, 2.45) is 0 Å². The third-order valence-electron chi connectivity index (χ3n) is 2.36. The van der Waals surface area contributed by atoms with Crippen LogP contribution in [0.15, 0.2) is 33.3 Å². The second-order valence-corrected chi connectivity index (χ2v) is 5.39. The first-order valence-electron chi connectivity index (χ1n) is 5.09. The smallest absolute Gasteiger partial charge is 0.252 e. The molecule has 1 aromatic heterocycles. The van der Waals surface area contributed by atoms with E-state index in [0.29, 0.717) is 17.9 Å². The van der Waals surface area contributed by atoms with Crippen molar-refractivity contribution in [2.45, 2.75) is 6.54 Å². The van der Waals surface area contributed by atoms with E-state index in [1.165, 1.54) is 0 Å². The molecule has 0 aliphatic rings. The molecule has 0 unspecified atom stereocenters. The summed E-state index contributed by atoms with van der Waals surface area (Å²) in [5.74, 6) is 0.285. The first-order valence-corrected chi connectivity index (χ1v) is 6.67. The van der Waals surface area contributed by atoms with E-state index in [-0.39, 0.29) is 5.91 Å². The maximum atomic E-state index is 12.0. The average molecular weight is 374 g/mol. The Balaban J connectivity index is 2.08. The van der Waals surface area contributed by atoms with Crippen LogP contribution in [0, 0.1) is 0 Å². The summed E-state index contributed by atoms with van der Waals surface area (Å²) in [6.07, 6.45) is 1.59. The highest BCUT2D eigenvalue weighted by Crippen LogP contribution is 2.21. The lowest BCUT2D eigenvalue weighted by atomic mass is 10.2. The summed E-state index contributed by atoms with van der Waals surface area (Å²) in [6.45, 7) is 0.333. The van der Waals surface area contributed by atoms with Crippen LogP contribution in [0.4, 0.5) is 5.82 Å². The number of hydrogen-bond acceptors (Lipinski definition) is 3. The van der Waals surface area contributed by atoms with Crippen molar-refractivity contribution in [1.29, 1.82) is 0 Å². The molecule has 94 valence electrons. The molecule has 0 aliphatic heterocycles. The van der Waals surface area contributed by atoms with Crippen molar-refractivity contribution in [3.8, 4) is 0 Å². The van der Waals surface area contributed by atoms with Gasteiger partial charge in [-0.25, -0.2) is 0 Å². The molecular weight excluding hydrogens is 364 g/mol. The van der Waals surface area contributed by atoms with Gasteiger partial charge in [-0.15, -0.1) is 0 Å². The summed E-state index contributed by atoms with van der Waals surface area (Å²) >= 11 is 6.67. The van der Waals surface area contributed by atoms with Crippen LogP contribution in [-0.4, -0.2) is 16.1 Å². The zero-order chi connectivity index (χ0) is 13.1. The highest BCUT2D eigenvalue weighted by Gasteiger charge is 2.11. The third kappa shape index (κ3) is 2.91. The van der Waals surface area contributed by atoms with Gasteiger partial charge in [-0.3, -0.25) is 9.89 Å². The van der Waals surface area contributed by atoms with Crippen molar-refractivity contribution in [3.63, 3.8) is 0 Å². The lowest BCUT2D eigenvalue weighted by Gasteiger charge is -2.06. The van der Waals surface area contributed by atoms with Gasteiger partial charge < -0.3 is 11.1 Å². The van der Waals surface area contributed by atoms with E-state index in [4.69, 9.17) is 5.73 Å². The number of aromatic nitrogens is 2. The van der Waals surface area contributed by atoms with Gasteiger partial charge >= 0.3 is 0 Å².